The second-order valence-electron chi connectivity index (χ2n) is 23.0. The first kappa shape index (κ1) is 53.1. The van der Waals surface area contributed by atoms with E-state index in [-0.39, 0.29) is 23.5 Å². The van der Waals surface area contributed by atoms with Crippen molar-refractivity contribution >= 4 is 28.6 Å². The zero-order valence-electron chi connectivity index (χ0n) is 44.3. The maximum absolute atomic E-state index is 12.6. The summed E-state index contributed by atoms with van der Waals surface area (Å²) in [5.41, 5.74) is 5.91. The van der Waals surface area contributed by atoms with Crippen LogP contribution < -0.4 is 19.8 Å². The van der Waals surface area contributed by atoms with Gasteiger partial charge in [-0.3, -0.25) is 19.4 Å². The first-order chi connectivity index (χ1) is 35.7. The van der Waals surface area contributed by atoms with Crippen LogP contribution in [0.25, 0.3) is 33.4 Å². The number of fused-ring (bicyclic) bond motifs is 7. The van der Waals surface area contributed by atoms with E-state index in [1.807, 2.05) is 18.2 Å². The van der Waals surface area contributed by atoms with Crippen LogP contribution in [0.4, 0.5) is 5.69 Å². The molecule has 74 heavy (non-hydrogen) atoms. The second-order valence-corrected chi connectivity index (χ2v) is 23.0. The van der Waals surface area contributed by atoms with E-state index in [2.05, 4.69) is 45.7 Å². The Hall–Kier alpha value is -5.72. The summed E-state index contributed by atoms with van der Waals surface area (Å²) in [6, 6.07) is 20.8. The molecular formula is C62H78N2O10. The van der Waals surface area contributed by atoms with Crippen molar-refractivity contribution in [2.75, 3.05) is 51.0 Å². The smallest absolute Gasteiger partial charge is 0.323 e. The molecule has 0 bridgehead atoms. The van der Waals surface area contributed by atoms with Crippen molar-refractivity contribution in [3.05, 3.63) is 107 Å². The number of carboxylic acid groups (broad SMARTS) is 2. The lowest BCUT2D eigenvalue weighted by atomic mass is 9.46. The number of carboxylic acids is 2. The van der Waals surface area contributed by atoms with Gasteiger partial charge in [0, 0.05) is 41.4 Å². The fourth-order valence-corrected chi connectivity index (χ4v) is 14.3. The normalized spacial score (nSPS) is 24.7. The number of benzene rings is 3. The Labute approximate surface area is 437 Å². The molecule has 0 spiro atoms. The molecule has 396 valence electrons. The lowest BCUT2D eigenvalue weighted by Crippen LogP contribution is -2.50. The minimum Gasteiger partial charge on any atom is -0.491 e. The molecule has 3 fully saturated rings. The number of nitrogens with zero attached hydrogens (tertiary/aromatic N) is 2. The minimum absolute atomic E-state index is 0.0479. The van der Waals surface area contributed by atoms with Gasteiger partial charge in [0.2, 0.25) is 0 Å². The maximum Gasteiger partial charge on any atom is 0.323 e. The fourth-order valence-electron chi connectivity index (χ4n) is 14.3. The number of rotatable bonds is 24. The van der Waals surface area contributed by atoms with E-state index in [1.54, 1.807) is 54.2 Å². The summed E-state index contributed by atoms with van der Waals surface area (Å²) in [6.07, 6.45) is 20.5. The highest BCUT2D eigenvalue weighted by Gasteiger charge is 2.59. The molecule has 12 heteroatoms. The molecule has 6 aliphatic rings. The van der Waals surface area contributed by atoms with E-state index in [4.69, 9.17) is 23.4 Å². The van der Waals surface area contributed by atoms with Gasteiger partial charge in [-0.05, 0) is 164 Å². The summed E-state index contributed by atoms with van der Waals surface area (Å²) >= 11 is 0. The van der Waals surface area contributed by atoms with E-state index in [9.17, 15) is 24.6 Å². The van der Waals surface area contributed by atoms with Crippen LogP contribution in [0.3, 0.4) is 0 Å². The van der Waals surface area contributed by atoms with E-state index in [0.717, 1.165) is 59.5 Å². The van der Waals surface area contributed by atoms with Gasteiger partial charge >= 0.3 is 11.9 Å². The third kappa shape index (κ3) is 11.9. The number of allylic oxidation sites excluding steroid dienone is 2. The quantitative estimate of drug-likeness (QED) is 0.0343. The SMILES string of the molecule is CC(C)CCC[C@@H](C)[C@H]1CC[C@H]2[C@@H]3CC=C4C[C@@H](CCOCCOCCOc5ccc6c(-c7ccc(N(CC(=O)O)CC(=O)O)c(OCc8ccccn8)c7)c7ccc(=O)cc-7oc6c5)CC[C@]4(C)[C@H]3CC[C@]12C. The van der Waals surface area contributed by atoms with Gasteiger partial charge in [0.05, 0.1) is 31.2 Å². The van der Waals surface area contributed by atoms with E-state index >= 15 is 0 Å². The van der Waals surface area contributed by atoms with Crippen molar-refractivity contribution in [1.29, 1.82) is 0 Å². The number of hydrogen-bond donors (Lipinski definition) is 2. The molecule has 0 unspecified atom stereocenters. The van der Waals surface area contributed by atoms with Crippen molar-refractivity contribution in [3.8, 4) is 33.9 Å². The average molecular weight is 1010 g/mol. The summed E-state index contributed by atoms with van der Waals surface area (Å²) in [6.45, 7) is 14.0. The molecule has 12 nitrogen and oxygen atoms in total. The molecule has 2 heterocycles. The van der Waals surface area contributed by atoms with E-state index < -0.39 is 25.0 Å². The molecule has 1 aliphatic heterocycles. The number of pyridine rings is 1. The van der Waals surface area contributed by atoms with Crippen LogP contribution in [-0.2, 0) is 25.7 Å². The van der Waals surface area contributed by atoms with Crippen molar-refractivity contribution in [2.45, 2.75) is 118 Å². The number of aromatic nitrogens is 1. The average Bonchev–Trinajstić information content (AvgIpc) is 3.74. The van der Waals surface area contributed by atoms with Gasteiger partial charge in [-0.2, -0.15) is 0 Å². The van der Waals surface area contributed by atoms with Crippen LogP contribution in [-0.4, -0.2) is 73.3 Å². The predicted octanol–water partition coefficient (Wildman–Crippen LogP) is 13.0. The van der Waals surface area contributed by atoms with Crippen LogP contribution in [0, 0.1) is 52.3 Å². The molecular weight excluding hydrogens is 933 g/mol. The van der Waals surface area contributed by atoms with Gasteiger partial charge in [0.1, 0.15) is 49.1 Å². The Morgan fingerprint density at radius 1 is 0.824 bits per heavy atom. The molecule has 0 saturated heterocycles. The number of carbonyl (C=O) groups is 2. The molecule has 9 rings (SSSR count). The Morgan fingerprint density at radius 3 is 2.39 bits per heavy atom. The standard InChI is InChI=1S/C62H78N2O10/c1-40(2)9-8-10-41(3)51-19-20-52-48-16-13-44-33-42(22-25-61(44,4)53(48)23-26-62(51,52)5)24-28-70-29-30-71-31-32-72-47-15-18-50-56(36-47)74-55-35-46(65)14-17-49(55)60(50)43-12-21-54(64(37-58(66)67)38-59(68)69)57(34-43)73-39-45-11-6-7-27-63-45/h6-7,11-15,17-18,21,27,34-36,40-42,48,51-53H,8-10,16,19-20,22-26,28-33,37-39H2,1-5H3,(H,66,67)(H,68,69)/t41-,42-,48+,51-,52+,53+,61+,62-/m1/s1. The third-order valence-electron chi connectivity index (χ3n) is 18.0. The highest BCUT2D eigenvalue weighted by molar-refractivity contribution is 6.02. The number of hydrogen-bond acceptors (Lipinski definition) is 10. The van der Waals surface area contributed by atoms with Gasteiger partial charge in [-0.1, -0.05) is 77.7 Å². The largest absolute Gasteiger partial charge is 0.491 e. The molecule has 5 aliphatic carbocycles. The highest BCUT2D eigenvalue weighted by Crippen LogP contribution is 2.67. The summed E-state index contributed by atoms with van der Waals surface area (Å²) < 4.78 is 30.8. The molecule has 3 aromatic rings. The molecule has 8 atom stereocenters. The zero-order chi connectivity index (χ0) is 52.0. The van der Waals surface area contributed by atoms with Crippen molar-refractivity contribution in [1.82, 2.24) is 4.98 Å². The van der Waals surface area contributed by atoms with Crippen molar-refractivity contribution in [3.63, 3.8) is 0 Å². The molecule has 1 aromatic heterocycles. The van der Waals surface area contributed by atoms with Crippen molar-refractivity contribution < 1.29 is 43.2 Å². The summed E-state index contributed by atoms with van der Waals surface area (Å²) in [4.78, 5) is 41.9. The molecule has 3 saturated carbocycles. The van der Waals surface area contributed by atoms with Crippen LogP contribution in [0.1, 0.15) is 117 Å². The van der Waals surface area contributed by atoms with Crippen molar-refractivity contribution in [2.24, 2.45) is 52.3 Å². The Morgan fingerprint density at radius 2 is 1.62 bits per heavy atom. The van der Waals surface area contributed by atoms with Gasteiger partial charge in [0.15, 0.2) is 5.43 Å². The molecule has 0 radical (unpaired) electrons. The molecule has 2 N–H and O–H groups in total. The van der Waals surface area contributed by atoms with Gasteiger partial charge in [0.25, 0.3) is 0 Å². The zero-order valence-corrected chi connectivity index (χ0v) is 44.3. The number of ether oxygens (including phenoxy) is 4. The predicted molar refractivity (Wildman–Crippen MR) is 289 cm³/mol. The second kappa shape index (κ2) is 23.4. The van der Waals surface area contributed by atoms with Gasteiger partial charge in [-0.25, -0.2) is 0 Å². The van der Waals surface area contributed by atoms with Gasteiger partial charge < -0.3 is 38.5 Å². The maximum atomic E-state index is 12.6. The van der Waals surface area contributed by atoms with Gasteiger partial charge in [-0.15, -0.1) is 0 Å². The minimum atomic E-state index is -1.19. The Balaban J connectivity index is 0.769. The Kier molecular flexibility index (Phi) is 16.8. The third-order valence-corrected chi connectivity index (χ3v) is 18.0. The first-order valence-electron chi connectivity index (χ1n) is 27.5. The first-order valence-corrected chi connectivity index (χ1v) is 27.5. The molecule has 0 amide bonds. The number of aliphatic carboxylic acids is 2. The monoisotopic (exact) mass is 1010 g/mol. The highest BCUT2D eigenvalue weighted by atomic mass is 16.5. The fraction of sp³-hybridized carbons (Fsp3) is 0.548. The lowest BCUT2D eigenvalue weighted by molar-refractivity contribution is -0.136. The van der Waals surface area contributed by atoms with E-state index in [1.165, 1.54) is 87.7 Å². The summed E-state index contributed by atoms with van der Waals surface area (Å²) in [5.74, 6) is 4.67. The van der Waals surface area contributed by atoms with E-state index in [0.29, 0.717) is 77.1 Å². The summed E-state index contributed by atoms with van der Waals surface area (Å²) in [7, 11) is 0. The summed E-state index contributed by atoms with van der Waals surface area (Å²) in [5, 5.41) is 20.1. The number of anilines is 1. The van der Waals surface area contributed by atoms with Crippen LogP contribution >= 0.6 is 0 Å². The molecule has 2 aromatic carbocycles. The van der Waals surface area contributed by atoms with Crippen LogP contribution in [0.5, 0.6) is 11.5 Å². The van der Waals surface area contributed by atoms with Crippen LogP contribution in [0.2, 0.25) is 0 Å². The topological polar surface area (TPSA) is 158 Å². The Bertz CT molecular complexity index is 2770. The lowest BCUT2D eigenvalue weighted by Gasteiger charge is -2.58. The van der Waals surface area contributed by atoms with Crippen LogP contribution in [0.15, 0.2) is 99.9 Å².